The Morgan fingerprint density at radius 2 is 2.36 bits per heavy atom. The Balaban J connectivity index is 2.51. The second-order valence-corrected chi connectivity index (χ2v) is 4.86. The minimum Gasteiger partial charge on any atom is -0.396 e. The maximum Gasteiger partial charge on any atom is 0.0601 e. The van der Waals surface area contributed by atoms with E-state index in [2.05, 4.69) is 19.1 Å². The Bertz CT molecular complexity index is 187. The summed E-state index contributed by atoms with van der Waals surface area (Å²) in [6.07, 6.45) is 0.801. The van der Waals surface area contributed by atoms with E-state index in [4.69, 9.17) is 5.11 Å². The summed E-state index contributed by atoms with van der Waals surface area (Å²) in [5, 5.41) is 8.66. The Morgan fingerprint density at radius 3 is 3.00 bits per heavy atom. The van der Waals surface area contributed by atoms with Gasteiger partial charge in [0, 0.05) is 17.9 Å². The zero-order chi connectivity index (χ0) is 8.10. The summed E-state index contributed by atoms with van der Waals surface area (Å²) in [5.41, 5.74) is 0. The van der Waals surface area contributed by atoms with Crippen LogP contribution < -0.4 is 0 Å². The van der Waals surface area contributed by atoms with Crippen molar-refractivity contribution < 1.29 is 5.11 Å². The second-order valence-electron chi connectivity index (χ2n) is 2.13. The number of aliphatic hydroxyl groups is 1. The molecule has 0 aliphatic rings. The van der Waals surface area contributed by atoms with Crippen LogP contribution in [0.4, 0.5) is 0 Å². The first-order chi connectivity index (χ1) is 5.36. The average Bonchev–Trinajstić information content (AvgIpc) is 2.38. The molecule has 1 aromatic heterocycles. The number of aliphatic hydroxyl groups excluding tert-OH is 1. The molecule has 0 aliphatic heterocycles. The summed E-state index contributed by atoms with van der Waals surface area (Å²) < 4.78 is 1.36. The number of hydrogen-bond acceptors (Lipinski definition) is 3. The van der Waals surface area contributed by atoms with Crippen molar-refractivity contribution >= 4 is 23.1 Å². The monoisotopic (exact) mass is 188 g/mol. The fraction of sp³-hybridized carbons (Fsp3) is 0.500. The molecule has 0 saturated heterocycles. The number of rotatable bonds is 4. The van der Waals surface area contributed by atoms with Crippen molar-refractivity contribution in [1.29, 1.82) is 0 Å². The van der Waals surface area contributed by atoms with Crippen LogP contribution in [0.15, 0.2) is 16.3 Å². The van der Waals surface area contributed by atoms with E-state index in [1.54, 1.807) is 11.3 Å². The van der Waals surface area contributed by atoms with Gasteiger partial charge in [-0.2, -0.15) is 0 Å². The Morgan fingerprint density at radius 1 is 1.55 bits per heavy atom. The first-order valence-electron chi connectivity index (χ1n) is 3.69. The summed E-state index contributed by atoms with van der Waals surface area (Å²) in [6, 6.07) is 4.22. The first-order valence-corrected chi connectivity index (χ1v) is 5.49. The zero-order valence-corrected chi connectivity index (χ0v) is 8.17. The number of hydrogen-bond donors (Lipinski definition) is 1. The molecule has 62 valence electrons. The van der Waals surface area contributed by atoms with Crippen molar-refractivity contribution in [2.45, 2.75) is 17.6 Å². The van der Waals surface area contributed by atoms with Crippen molar-refractivity contribution in [2.24, 2.45) is 0 Å². The molecule has 0 fully saturated rings. The van der Waals surface area contributed by atoms with Crippen LogP contribution in [0, 0.1) is 0 Å². The van der Waals surface area contributed by atoms with Crippen LogP contribution >= 0.6 is 23.1 Å². The van der Waals surface area contributed by atoms with Gasteiger partial charge in [-0.05, 0) is 17.9 Å². The number of thioether (sulfide) groups is 1. The fourth-order valence-corrected chi connectivity index (χ4v) is 2.91. The highest BCUT2D eigenvalue weighted by atomic mass is 32.2. The number of thiophene rings is 1. The predicted molar refractivity (Wildman–Crippen MR) is 51.5 cm³/mol. The summed E-state index contributed by atoms with van der Waals surface area (Å²) >= 11 is 3.64. The SMILES string of the molecule is CCSc1ccc(CCO)s1. The highest BCUT2D eigenvalue weighted by Crippen LogP contribution is 2.26. The second kappa shape index (κ2) is 4.80. The predicted octanol–water partition coefficient (Wildman–Crippen LogP) is 2.39. The van der Waals surface area contributed by atoms with E-state index in [-0.39, 0.29) is 6.61 Å². The standard InChI is InChI=1S/C8H12OS2/c1-2-10-8-4-3-7(11-8)5-6-9/h3-4,9H,2,5-6H2,1H3. The lowest BCUT2D eigenvalue weighted by Gasteiger charge is -1.90. The normalized spacial score (nSPS) is 10.4. The summed E-state index contributed by atoms with van der Waals surface area (Å²) in [4.78, 5) is 1.28. The molecule has 0 aliphatic carbocycles. The molecular formula is C8H12OS2. The minimum absolute atomic E-state index is 0.261. The van der Waals surface area contributed by atoms with Gasteiger partial charge in [0.25, 0.3) is 0 Å². The molecule has 11 heavy (non-hydrogen) atoms. The van der Waals surface area contributed by atoms with E-state index in [1.807, 2.05) is 11.8 Å². The van der Waals surface area contributed by atoms with Crippen LogP contribution in [0.5, 0.6) is 0 Å². The smallest absolute Gasteiger partial charge is 0.0601 e. The molecule has 1 nitrogen and oxygen atoms in total. The van der Waals surface area contributed by atoms with E-state index < -0.39 is 0 Å². The summed E-state index contributed by atoms with van der Waals surface area (Å²) in [6.45, 7) is 2.41. The molecule has 0 amide bonds. The van der Waals surface area contributed by atoms with Crippen LogP contribution in [0.1, 0.15) is 11.8 Å². The topological polar surface area (TPSA) is 20.2 Å². The van der Waals surface area contributed by atoms with E-state index in [1.165, 1.54) is 9.09 Å². The third-order valence-corrected chi connectivity index (χ3v) is 3.53. The molecule has 0 saturated carbocycles. The van der Waals surface area contributed by atoms with Crippen molar-refractivity contribution in [3.63, 3.8) is 0 Å². The van der Waals surface area contributed by atoms with Gasteiger partial charge in [-0.25, -0.2) is 0 Å². The Hall–Kier alpha value is 0.01000. The van der Waals surface area contributed by atoms with Gasteiger partial charge in [0.15, 0.2) is 0 Å². The van der Waals surface area contributed by atoms with Crippen molar-refractivity contribution in [1.82, 2.24) is 0 Å². The quantitative estimate of drug-likeness (QED) is 0.732. The molecule has 0 atom stereocenters. The molecule has 1 aromatic rings. The molecule has 1 heterocycles. The zero-order valence-electron chi connectivity index (χ0n) is 6.54. The molecular weight excluding hydrogens is 176 g/mol. The van der Waals surface area contributed by atoms with Gasteiger partial charge in [0.2, 0.25) is 0 Å². The molecule has 1 N–H and O–H groups in total. The van der Waals surface area contributed by atoms with Crippen molar-refractivity contribution in [2.75, 3.05) is 12.4 Å². The van der Waals surface area contributed by atoms with Gasteiger partial charge in [-0.15, -0.1) is 23.1 Å². The maximum absolute atomic E-state index is 8.66. The lowest BCUT2D eigenvalue weighted by atomic mass is 10.4. The highest BCUT2D eigenvalue weighted by Gasteiger charge is 1.97. The lowest BCUT2D eigenvalue weighted by molar-refractivity contribution is 0.300. The van der Waals surface area contributed by atoms with Crippen molar-refractivity contribution in [3.05, 3.63) is 17.0 Å². The summed E-state index contributed by atoms with van der Waals surface area (Å²) in [5.74, 6) is 1.12. The van der Waals surface area contributed by atoms with E-state index >= 15 is 0 Å². The maximum atomic E-state index is 8.66. The molecule has 0 spiro atoms. The lowest BCUT2D eigenvalue weighted by Crippen LogP contribution is -1.84. The molecule has 0 bridgehead atoms. The highest BCUT2D eigenvalue weighted by molar-refractivity contribution is 8.01. The third-order valence-electron chi connectivity index (χ3n) is 1.28. The molecule has 0 radical (unpaired) electrons. The first kappa shape index (κ1) is 9.10. The Labute approximate surface area is 75.4 Å². The average molecular weight is 188 g/mol. The van der Waals surface area contributed by atoms with Crippen LogP contribution in [0.2, 0.25) is 0 Å². The molecule has 0 unspecified atom stereocenters. The van der Waals surface area contributed by atoms with E-state index in [0.29, 0.717) is 0 Å². The molecule has 1 rings (SSSR count). The van der Waals surface area contributed by atoms with Crippen LogP contribution in [-0.2, 0) is 6.42 Å². The van der Waals surface area contributed by atoms with Gasteiger partial charge in [-0.1, -0.05) is 6.92 Å². The van der Waals surface area contributed by atoms with Crippen LogP contribution in [-0.4, -0.2) is 17.5 Å². The minimum atomic E-state index is 0.261. The van der Waals surface area contributed by atoms with Crippen LogP contribution in [0.3, 0.4) is 0 Å². The summed E-state index contributed by atoms with van der Waals surface area (Å²) in [7, 11) is 0. The van der Waals surface area contributed by atoms with Gasteiger partial charge < -0.3 is 5.11 Å². The van der Waals surface area contributed by atoms with Gasteiger partial charge in [0.1, 0.15) is 0 Å². The Kier molecular flexibility index (Phi) is 3.97. The van der Waals surface area contributed by atoms with Gasteiger partial charge in [-0.3, -0.25) is 0 Å². The van der Waals surface area contributed by atoms with Gasteiger partial charge >= 0.3 is 0 Å². The largest absolute Gasteiger partial charge is 0.396 e. The van der Waals surface area contributed by atoms with E-state index in [9.17, 15) is 0 Å². The molecule has 0 aromatic carbocycles. The van der Waals surface area contributed by atoms with E-state index in [0.717, 1.165) is 12.2 Å². The molecule has 3 heteroatoms. The fourth-order valence-electron chi connectivity index (χ4n) is 0.823. The van der Waals surface area contributed by atoms with Crippen molar-refractivity contribution in [3.8, 4) is 0 Å². The third kappa shape index (κ3) is 2.85. The van der Waals surface area contributed by atoms with Crippen LogP contribution in [0.25, 0.3) is 0 Å². The van der Waals surface area contributed by atoms with Gasteiger partial charge in [0.05, 0.1) is 4.21 Å².